The number of hydrogen-bond acceptors (Lipinski definition) is 2. The molecule has 1 aliphatic carbocycles. The molecule has 4 heteroatoms. The summed E-state index contributed by atoms with van der Waals surface area (Å²) in [4.78, 5) is 3.97. The van der Waals surface area contributed by atoms with Crippen LogP contribution in [-0.4, -0.2) is 11.1 Å². The molecule has 0 aliphatic heterocycles. The zero-order valence-electron chi connectivity index (χ0n) is 6.26. The second kappa shape index (κ2) is 3.23. The molecular weight excluding hydrogens is 241 g/mol. The fourth-order valence-electron chi connectivity index (χ4n) is 0.852. The van der Waals surface area contributed by atoms with Gasteiger partial charge in [-0.05, 0) is 28.8 Å². The summed E-state index contributed by atoms with van der Waals surface area (Å²) in [5.74, 6) is 0.723. The molecule has 1 saturated carbocycles. The van der Waals surface area contributed by atoms with Gasteiger partial charge in [0.2, 0.25) is 0 Å². The highest BCUT2D eigenvalue weighted by Crippen LogP contribution is 2.32. The van der Waals surface area contributed by atoms with Crippen LogP contribution >= 0.6 is 27.5 Å². The zero-order chi connectivity index (χ0) is 8.55. The van der Waals surface area contributed by atoms with Crippen molar-refractivity contribution in [3.8, 4) is 5.75 Å². The van der Waals surface area contributed by atoms with Gasteiger partial charge in [0.25, 0.3) is 0 Å². The van der Waals surface area contributed by atoms with Crippen LogP contribution in [0.15, 0.2) is 16.9 Å². The van der Waals surface area contributed by atoms with Gasteiger partial charge in [0.15, 0.2) is 0 Å². The highest BCUT2D eigenvalue weighted by molar-refractivity contribution is 9.10. The average molecular weight is 249 g/mol. The van der Waals surface area contributed by atoms with E-state index in [4.69, 9.17) is 16.3 Å². The lowest BCUT2D eigenvalue weighted by atomic mass is 10.4. The molecule has 0 bridgehead atoms. The molecule has 64 valence electrons. The first-order chi connectivity index (χ1) is 5.75. The minimum Gasteiger partial charge on any atom is -0.489 e. The summed E-state index contributed by atoms with van der Waals surface area (Å²) in [6.07, 6.45) is 4.23. The topological polar surface area (TPSA) is 22.1 Å². The maximum Gasteiger partial charge on any atom is 0.142 e. The van der Waals surface area contributed by atoms with Gasteiger partial charge in [-0.1, -0.05) is 11.6 Å². The summed E-state index contributed by atoms with van der Waals surface area (Å²) >= 11 is 9.12. The fourth-order valence-corrected chi connectivity index (χ4v) is 1.31. The molecule has 1 aromatic rings. The van der Waals surface area contributed by atoms with Crippen molar-refractivity contribution in [1.82, 2.24) is 4.98 Å². The number of ether oxygens (including phenoxy) is 1. The van der Waals surface area contributed by atoms with Crippen LogP contribution in [0, 0.1) is 0 Å². The van der Waals surface area contributed by atoms with Crippen molar-refractivity contribution < 1.29 is 4.74 Å². The maximum atomic E-state index is 5.86. The standard InChI is InChI=1S/C8H7BrClNO/c9-8-3-7(6(10)4-11-8)12-5-1-2-5/h3-5H,1-2H2. The van der Waals surface area contributed by atoms with E-state index in [1.54, 1.807) is 12.3 Å². The van der Waals surface area contributed by atoms with Crippen molar-refractivity contribution in [2.75, 3.05) is 0 Å². The monoisotopic (exact) mass is 247 g/mol. The van der Waals surface area contributed by atoms with Crippen molar-refractivity contribution in [3.63, 3.8) is 0 Å². The van der Waals surface area contributed by atoms with E-state index in [9.17, 15) is 0 Å². The van der Waals surface area contributed by atoms with Crippen LogP contribution in [0.25, 0.3) is 0 Å². The number of halogens is 2. The third-order valence-corrected chi connectivity index (χ3v) is 2.32. The summed E-state index contributed by atoms with van der Waals surface area (Å²) in [5, 5.41) is 0.574. The molecule has 0 saturated heterocycles. The Labute approximate surface area is 84.0 Å². The number of hydrogen-bond donors (Lipinski definition) is 0. The SMILES string of the molecule is Clc1cnc(Br)cc1OC1CC1. The molecule has 0 N–H and O–H groups in total. The highest BCUT2D eigenvalue weighted by Gasteiger charge is 2.24. The molecule has 1 fully saturated rings. The molecule has 0 atom stereocenters. The largest absolute Gasteiger partial charge is 0.489 e. The Bertz CT molecular complexity index is 301. The van der Waals surface area contributed by atoms with Gasteiger partial charge >= 0.3 is 0 Å². The van der Waals surface area contributed by atoms with Crippen LogP contribution in [0.3, 0.4) is 0 Å². The van der Waals surface area contributed by atoms with Gasteiger partial charge in [-0.3, -0.25) is 0 Å². The van der Waals surface area contributed by atoms with Gasteiger partial charge in [0.05, 0.1) is 12.3 Å². The number of aromatic nitrogens is 1. The van der Waals surface area contributed by atoms with E-state index in [2.05, 4.69) is 20.9 Å². The first-order valence-electron chi connectivity index (χ1n) is 3.73. The van der Waals surface area contributed by atoms with Gasteiger partial charge in [0, 0.05) is 6.07 Å². The van der Waals surface area contributed by atoms with Crippen LogP contribution in [0.4, 0.5) is 0 Å². The fraction of sp³-hybridized carbons (Fsp3) is 0.375. The molecule has 12 heavy (non-hydrogen) atoms. The Morgan fingerprint density at radius 3 is 3.00 bits per heavy atom. The first kappa shape index (κ1) is 8.32. The van der Waals surface area contributed by atoms with Crippen molar-refractivity contribution in [1.29, 1.82) is 0 Å². The lowest BCUT2D eigenvalue weighted by Crippen LogP contribution is -1.96. The van der Waals surface area contributed by atoms with Crippen molar-refractivity contribution in [2.24, 2.45) is 0 Å². The van der Waals surface area contributed by atoms with Gasteiger partial charge < -0.3 is 4.74 Å². The van der Waals surface area contributed by atoms with Crippen molar-refractivity contribution in [3.05, 3.63) is 21.9 Å². The molecule has 1 heterocycles. The summed E-state index contributed by atoms with van der Waals surface area (Å²) in [5.41, 5.74) is 0. The van der Waals surface area contributed by atoms with Gasteiger partial charge in [0.1, 0.15) is 15.4 Å². The molecule has 2 nitrogen and oxygen atoms in total. The van der Waals surface area contributed by atoms with E-state index in [0.717, 1.165) is 23.2 Å². The molecule has 0 radical (unpaired) electrons. The third kappa shape index (κ3) is 1.90. The van der Waals surface area contributed by atoms with Crippen LogP contribution in [0.5, 0.6) is 5.75 Å². The van der Waals surface area contributed by atoms with Crippen LogP contribution < -0.4 is 4.74 Å². The van der Waals surface area contributed by atoms with Gasteiger partial charge in [-0.2, -0.15) is 0 Å². The predicted molar refractivity (Wildman–Crippen MR) is 50.6 cm³/mol. The van der Waals surface area contributed by atoms with Crippen LogP contribution in [0.2, 0.25) is 5.02 Å². The third-order valence-electron chi connectivity index (χ3n) is 1.60. The van der Waals surface area contributed by atoms with E-state index < -0.39 is 0 Å². The molecule has 0 amide bonds. The van der Waals surface area contributed by atoms with E-state index >= 15 is 0 Å². The van der Waals surface area contributed by atoms with E-state index in [1.807, 2.05) is 0 Å². The minimum atomic E-state index is 0.372. The van der Waals surface area contributed by atoms with Gasteiger partial charge in [-0.25, -0.2) is 4.98 Å². The summed E-state index contributed by atoms with van der Waals surface area (Å²) in [6.45, 7) is 0. The Balaban J connectivity index is 2.21. The number of rotatable bonds is 2. The lowest BCUT2D eigenvalue weighted by Gasteiger charge is -2.05. The van der Waals surface area contributed by atoms with Crippen LogP contribution in [0.1, 0.15) is 12.8 Å². The summed E-state index contributed by atoms with van der Waals surface area (Å²) < 4.78 is 6.29. The second-order valence-electron chi connectivity index (χ2n) is 2.75. The smallest absolute Gasteiger partial charge is 0.142 e. The van der Waals surface area contributed by atoms with Crippen LogP contribution in [-0.2, 0) is 0 Å². The zero-order valence-corrected chi connectivity index (χ0v) is 8.60. The normalized spacial score (nSPS) is 16.2. The quantitative estimate of drug-likeness (QED) is 0.751. The second-order valence-corrected chi connectivity index (χ2v) is 3.97. The Hall–Kier alpha value is -0.280. The Morgan fingerprint density at radius 1 is 1.58 bits per heavy atom. The maximum absolute atomic E-state index is 5.86. The summed E-state index contributed by atoms with van der Waals surface area (Å²) in [6, 6.07) is 1.79. The molecular formula is C8H7BrClNO. The number of nitrogens with zero attached hydrogens (tertiary/aromatic N) is 1. The van der Waals surface area contributed by atoms with E-state index in [1.165, 1.54) is 0 Å². The predicted octanol–water partition coefficient (Wildman–Crippen LogP) is 3.04. The molecule has 1 aromatic heterocycles. The number of pyridine rings is 1. The average Bonchev–Trinajstić information content (AvgIpc) is 2.81. The molecule has 0 aromatic carbocycles. The van der Waals surface area contributed by atoms with Gasteiger partial charge in [-0.15, -0.1) is 0 Å². The Morgan fingerprint density at radius 2 is 2.33 bits per heavy atom. The molecule has 0 unspecified atom stereocenters. The molecule has 1 aliphatic rings. The van der Waals surface area contributed by atoms with E-state index in [0.29, 0.717) is 11.1 Å². The molecule has 2 rings (SSSR count). The van der Waals surface area contributed by atoms with Crippen molar-refractivity contribution >= 4 is 27.5 Å². The lowest BCUT2D eigenvalue weighted by molar-refractivity contribution is 0.303. The minimum absolute atomic E-state index is 0.372. The first-order valence-corrected chi connectivity index (χ1v) is 4.90. The summed E-state index contributed by atoms with van der Waals surface area (Å²) in [7, 11) is 0. The molecule has 0 spiro atoms. The van der Waals surface area contributed by atoms with E-state index in [-0.39, 0.29) is 0 Å². The van der Waals surface area contributed by atoms with Crippen molar-refractivity contribution in [2.45, 2.75) is 18.9 Å². The highest BCUT2D eigenvalue weighted by atomic mass is 79.9. The Kier molecular flexibility index (Phi) is 2.24.